The van der Waals surface area contributed by atoms with E-state index < -0.39 is 0 Å². The average molecular weight is 137 g/mol. The largest absolute Gasteiger partial charge is 0.330 e. The monoisotopic (exact) mass is 137 g/mol. The first kappa shape index (κ1) is 6.10. The fraction of sp³-hybridized carbons (Fsp3) is 0.625. The Labute approximate surface area is 60.1 Å². The molecule has 1 saturated carbocycles. The van der Waals surface area contributed by atoms with E-state index in [1.54, 1.807) is 0 Å². The lowest BCUT2D eigenvalue weighted by atomic mass is 9.94. The Bertz CT molecular complexity index is 197. The highest BCUT2D eigenvalue weighted by molar-refractivity contribution is 5.91. The topological polar surface area (TPSA) is 43.1 Å². The van der Waals surface area contributed by atoms with Crippen LogP contribution < -0.4 is 5.73 Å². The lowest BCUT2D eigenvalue weighted by molar-refractivity contribution is -0.121. The smallest absolute Gasteiger partial charge is 0.146 e. The van der Waals surface area contributed by atoms with Crippen molar-refractivity contribution in [2.45, 2.75) is 6.42 Å². The van der Waals surface area contributed by atoms with E-state index in [9.17, 15) is 4.79 Å². The molecule has 1 fully saturated rings. The molecule has 0 aromatic rings. The molecule has 0 radical (unpaired) electrons. The fourth-order valence-corrected chi connectivity index (χ4v) is 1.99. The molecule has 2 bridgehead atoms. The van der Waals surface area contributed by atoms with Gasteiger partial charge in [0.25, 0.3) is 0 Å². The average Bonchev–Trinajstić information content (AvgIpc) is 2.46. The molecule has 0 aromatic heterocycles. The first-order valence-corrected chi connectivity index (χ1v) is 3.75. The van der Waals surface area contributed by atoms with Gasteiger partial charge >= 0.3 is 0 Å². The predicted molar refractivity (Wildman–Crippen MR) is 38.3 cm³/mol. The second-order valence-electron chi connectivity index (χ2n) is 3.15. The summed E-state index contributed by atoms with van der Waals surface area (Å²) in [5, 5.41) is 0. The van der Waals surface area contributed by atoms with Crippen LogP contribution in [0.25, 0.3) is 0 Å². The number of ketones is 1. The Morgan fingerprint density at radius 3 is 2.70 bits per heavy atom. The molecule has 0 aromatic carbocycles. The third-order valence-corrected chi connectivity index (χ3v) is 2.61. The van der Waals surface area contributed by atoms with Crippen molar-refractivity contribution in [2.24, 2.45) is 23.5 Å². The summed E-state index contributed by atoms with van der Waals surface area (Å²) in [4.78, 5) is 11.2. The van der Waals surface area contributed by atoms with Crippen molar-refractivity contribution in [3.8, 4) is 0 Å². The number of rotatable bonds is 1. The van der Waals surface area contributed by atoms with Gasteiger partial charge in [-0.3, -0.25) is 4.79 Å². The third kappa shape index (κ3) is 0.598. The Kier molecular flexibility index (Phi) is 1.17. The number of hydrogen-bond donors (Lipinski definition) is 1. The van der Waals surface area contributed by atoms with Gasteiger partial charge in [0.15, 0.2) is 0 Å². The van der Waals surface area contributed by atoms with Gasteiger partial charge < -0.3 is 5.73 Å². The van der Waals surface area contributed by atoms with E-state index in [-0.39, 0.29) is 11.8 Å². The van der Waals surface area contributed by atoms with E-state index >= 15 is 0 Å². The van der Waals surface area contributed by atoms with Crippen LogP contribution in [0.2, 0.25) is 0 Å². The van der Waals surface area contributed by atoms with Crippen LogP contribution in [0.4, 0.5) is 0 Å². The molecule has 2 nitrogen and oxygen atoms in total. The van der Waals surface area contributed by atoms with E-state index in [4.69, 9.17) is 5.73 Å². The highest BCUT2D eigenvalue weighted by Crippen LogP contribution is 2.39. The summed E-state index contributed by atoms with van der Waals surface area (Å²) < 4.78 is 0. The highest BCUT2D eigenvalue weighted by atomic mass is 16.1. The molecular weight excluding hydrogens is 126 g/mol. The van der Waals surface area contributed by atoms with Gasteiger partial charge in [-0.25, -0.2) is 0 Å². The zero-order valence-electron chi connectivity index (χ0n) is 5.79. The normalized spacial score (nSPS) is 43.3. The van der Waals surface area contributed by atoms with E-state index in [1.807, 2.05) is 12.2 Å². The van der Waals surface area contributed by atoms with Crippen LogP contribution in [-0.2, 0) is 4.79 Å². The van der Waals surface area contributed by atoms with E-state index in [1.165, 1.54) is 0 Å². The van der Waals surface area contributed by atoms with Crippen molar-refractivity contribution in [1.82, 2.24) is 0 Å². The van der Waals surface area contributed by atoms with Crippen molar-refractivity contribution in [3.05, 3.63) is 12.2 Å². The quantitative estimate of drug-likeness (QED) is 0.529. The Hall–Kier alpha value is -0.630. The third-order valence-electron chi connectivity index (χ3n) is 2.61. The SMILES string of the molecule is NC[C@H]1C[C@H]2C=C[C@H]1C2=O. The van der Waals surface area contributed by atoms with Gasteiger partial charge in [0.05, 0.1) is 0 Å². The molecule has 2 heteroatoms. The molecule has 0 spiro atoms. The number of allylic oxidation sites excluding steroid dienone is 2. The summed E-state index contributed by atoms with van der Waals surface area (Å²) in [5.74, 6) is 1.24. The standard InChI is InChI=1S/C8H11NO/c9-4-6-3-5-1-2-7(6)8(5)10/h1-2,5-7H,3-4,9H2/t5-,6-,7-/m1/s1. The second-order valence-corrected chi connectivity index (χ2v) is 3.15. The van der Waals surface area contributed by atoms with Gasteiger partial charge in [0.1, 0.15) is 5.78 Å². The van der Waals surface area contributed by atoms with Gasteiger partial charge in [-0.15, -0.1) is 0 Å². The Morgan fingerprint density at radius 1 is 1.60 bits per heavy atom. The van der Waals surface area contributed by atoms with Gasteiger partial charge in [-0.2, -0.15) is 0 Å². The van der Waals surface area contributed by atoms with E-state index in [0.717, 1.165) is 6.42 Å². The van der Waals surface area contributed by atoms with Gasteiger partial charge in [0, 0.05) is 11.8 Å². The fourth-order valence-electron chi connectivity index (χ4n) is 1.99. The number of carbonyl (C=O) groups excluding carboxylic acids is 1. The lowest BCUT2D eigenvalue weighted by Gasteiger charge is -2.12. The minimum atomic E-state index is 0.176. The number of fused-ring (bicyclic) bond motifs is 2. The Morgan fingerprint density at radius 2 is 2.40 bits per heavy atom. The van der Waals surface area contributed by atoms with Crippen LogP contribution in [0.3, 0.4) is 0 Å². The number of Topliss-reactive ketones (excluding diaryl/α,β-unsaturated/α-hetero) is 1. The molecule has 3 atom stereocenters. The summed E-state index contributed by atoms with van der Waals surface area (Å²) in [6.07, 6.45) is 5.05. The van der Waals surface area contributed by atoms with Crippen molar-refractivity contribution in [1.29, 1.82) is 0 Å². The van der Waals surface area contributed by atoms with Crippen molar-refractivity contribution in [2.75, 3.05) is 6.54 Å². The van der Waals surface area contributed by atoms with Crippen molar-refractivity contribution >= 4 is 5.78 Å². The molecule has 2 aliphatic rings. The number of carbonyl (C=O) groups is 1. The summed E-state index contributed by atoms with van der Waals surface area (Å²) in [6.45, 7) is 0.664. The van der Waals surface area contributed by atoms with E-state index in [0.29, 0.717) is 18.2 Å². The van der Waals surface area contributed by atoms with Crippen LogP contribution in [0.5, 0.6) is 0 Å². The van der Waals surface area contributed by atoms with Gasteiger partial charge in [0.2, 0.25) is 0 Å². The molecule has 0 saturated heterocycles. The number of hydrogen-bond acceptors (Lipinski definition) is 2. The molecule has 2 aliphatic carbocycles. The molecule has 2 N–H and O–H groups in total. The number of nitrogens with two attached hydrogens (primary N) is 1. The highest BCUT2D eigenvalue weighted by Gasteiger charge is 2.42. The molecular formula is C8H11NO. The molecule has 0 amide bonds. The Balaban J connectivity index is 2.23. The molecule has 0 aliphatic heterocycles. The molecule has 54 valence electrons. The maximum absolute atomic E-state index is 11.2. The summed E-state index contributed by atoms with van der Waals surface area (Å²) in [7, 11) is 0. The molecule has 10 heavy (non-hydrogen) atoms. The molecule has 0 heterocycles. The summed E-state index contributed by atoms with van der Waals surface area (Å²) >= 11 is 0. The van der Waals surface area contributed by atoms with Crippen LogP contribution in [-0.4, -0.2) is 12.3 Å². The first-order valence-electron chi connectivity index (χ1n) is 3.75. The minimum absolute atomic E-state index is 0.176. The first-order chi connectivity index (χ1) is 4.83. The summed E-state index contributed by atoms with van der Waals surface area (Å²) in [5.41, 5.74) is 5.50. The van der Waals surface area contributed by atoms with E-state index in [2.05, 4.69) is 0 Å². The maximum atomic E-state index is 11.2. The zero-order valence-corrected chi connectivity index (χ0v) is 5.79. The predicted octanol–water partition coefficient (Wildman–Crippen LogP) is 0.336. The maximum Gasteiger partial charge on any atom is 0.146 e. The van der Waals surface area contributed by atoms with Crippen LogP contribution in [0.15, 0.2) is 12.2 Å². The minimum Gasteiger partial charge on any atom is -0.330 e. The van der Waals surface area contributed by atoms with Crippen molar-refractivity contribution in [3.63, 3.8) is 0 Å². The van der Waals surface area contributed by atoms with Crippen LogP contribution >= 0.6 is 0 Å². The van der Waals surface area contributed by atoms with Crippen molar-refractivity contribution < 1.29 is 4.79 Å². The molecule has 2 rings (SSSR count). The second kappa shape index (κ2) is 1.92. The lowest BCUT2D eigenvalue weighted by Crippen LogP contribution is -2.19. The van der Waals surface area contributed by atoms with Crippen LogP contribution in [0.1, 0.15) is 6.42 Å². The zero-order chi connectivity index (χ0) is 7.14. The summed E-state index contributed by atoms with van der Waals surface area (Å²) in [6, 6.07) is 0. The van der Waals surface area contributed by atoms with Crippen LogP contribution in [0, 0.1) is 17.8 Å². The molecule has 0 unspecified atom stereocenters. The van der Waals surface area contributed by atoms with Gasteiger partial charge in [-0.05, 0) is 18.9 Å². The van der Waals surface area contributed by atoms with Gasteiger partial charge in [-0.1, -0.05) is 12.2 Å².